The normalized spacial score (nSPS) is 22.2. The lowest BCUT2D eigenvalue weighted by Gasteiger charge is -2.30. The van der Waals surface area contributed by atoms with Gasteiger partial charge in [0, 0.05) is 0 Å². The molecule has 0 saturated heterocycles. The van der Waals surface area contributed by atoms with Crippen LogP contribution in [0.4, 0.5) is 0 Å². The average Bonchev–Trinajstić information content (AvgIpc) is 2.88. The highest BCUT2D eigenvalue weighted by Crippen LogP contribution is 2.55. The van der Waals surface area contributed by atoms with Gasteiger partial charge in [-0.1, -0.05) is 68.5 Å². The van der Waals surface area contributed by atoms with Crippen molar-refractivity contribution < 1.29 is 0 Å². The lowest BCUT2D eigenvalue weighted by molar-refractivity contribution is 0.414. The van der Waals surface area contributed by atoms with Crippen LogP contribution in [0, 0.1) is 5.92 Å². The van der Waals surface area contributed by atoms with Crippen molar-refractivity contribution in [2.75, 3.05) is 0 Å². The molecule has 0 heterocycles. The van der Waals surface area contributed by atoms with Crippen LogP contribution in [0.3, 0.4) is 0 Å². The fraction of sp³-hybridized carbons (Fsp3) is 0.280. The van der Waals surface area contributed by atoms with E-state index in [0.717, 1.165) is 12.8 Å². The molecule has 0 N–H and O–H groups in total. The molecule has 130 valence electrons. The monoisotopic (exact) mass is 450 g/mol. The Morgan fingerprint density at radius 3 is 2.69 bits per heavy atom. The zero-order valence-corrected chi connectivity index (χ0v) is 17.5. The zero-order valence-electron chi connectivity index (χ0n) is 15.4. The van der Waals surface area contributed by atoms with Gasteiger partial charge in [-0.3, -0.25) is 0 Å². The topological polar surface area (TPSA) is 0 Å². The Labute approximate surface area is 169 Å². The van der Waals surface area contributed by atoms with Crippen LogP contribution in [0.2, 0.25) is 0 Å². The van der Waals surface area contributed by atoms with E-state index in [9.17, 15) is 0 Å². The van der Waals surface area contributed by atoms with Gasteiger partial charge in [0.15, 0.2) is 0 Å². The molecule has 0 spiro atoms. The first-order valence-electron chi connectivity index (χ1n) is 9.55. The summed E-state index contributed by atoms with van der Waals surface area (Å²) in [5.41, 5.74) is 10.3. The average molecular weight is 450 g/mol. The smallest absolute Gasteiger partial charge is 0.00189 e. The van der Waals surface area contributed by atoms with Gasteiger partial charge in [0.2, 0.25) is 0 Å². The van der Waals surface area contributed by atoms with E-state index in [0.29, 0.717) is 5.92 Å². The largest absolute Gasteiger partial charge is 0.0836 e. The highest BCUT2D eigenvalue weighted by atomic mass is 127. The van der Waals surface area contributed by atoms with E-state index in [2.05, 4.69) is 97.1 Å². The van der Waals surface area contributed by atoms with Gasteiger partial charge in [0.25, 0.3) is 0 Å². The Hall–Kier alpha value is -1.61. The molecular formula is C25H23I. The summed E-state index contributed by atoms with van der Waals surface area (Å²) in [7, 11) is 0. The quantitative estimate of drug-likeness (QED) is 0.399. The first-order chi connectivity index (χ1) is 12.5. The minimum Gasteiger partial charge on any atom is -0.0836 e. The number of halogens is 1. The lowest BCUT2D eigenvalue weighted by Crippen LogP contribution is -2.24. The maximum Gasteiger partial charge on any atom is -0.00189 e. The van der Waals surface area contributed by atoms with Gasteiger partial charge in [-0.05, 0) is 102 Å². The van der Waals surface area contributed by atoms with Gasteiger partial charge >= 0.3 is 0 Å². The van der Waals surface area contributed by atoms with E-state index in [1.807, 2.05) is 0 Å². The van der Waals surface area contributed by atoms with E-state index in [-0.39, 0.29) is 5.41 Å². The van der Waals surface area contributed by atoms with Gasteiger partial charge in [-0.15, -0.1) is 0 Å². The third-order valence-electron chi connectivity index (χ3n) is 6.47. The van der Waals surface area contributed by atoms with Crippen molar-refractivity contribution in [3.63, 3.8) is 0 Å². The molecule has 0 bridgehead atoms. The van der Waals surface area contributed by atoms with Crippen molar-refractivity contribution in [3.8, 4) is 11.1 Å². The summed E-state index contributed by atoms with van der Waals surface area (Å²) in [6.07, 6.45) is 12.7. The first kappa shape index (κ1) is 16.6. The minimum absolute atomic E-state index is 0.193. The molecule has 0 nitrogen and oxygen atoms in total. The molecule has 3 aliphatic rings. The predicted molar refractivity (Wildman–Crippen MR) is 120 cm³/mol. The maximum atomic E-state index is 2.50. The van der Waals surface area contributed by atoms with Crippen LogP contribution >= 0.6 is 22.6 Å². The molecule has 2 aromatic carbocycles. The van der Waals surface area contributed by atoms with Gasteiger partial charge < -0.3 is 0 Å². The number of allylic oxidation sites excluding steroid dienone is 5. The molecule has 26 heavy (non-hydrogen) atoms. The molecule has 0 fully saturated rings. The molecular weight excluding hydrogens is 427 g/mol. The number of hydrogen-bond donors (Lipinski definition) is 0. The maximum absolute atomic E-state index is 2.50. The standard InChI is InChI=1S/C25H23I/c1-25(2)23-14-19(18-8-7-16-5-3-4-6-17(16)13-18)9-11-21(23)22-12-10-20(26)15-24(22)25/h3,5,7-14,24H,4,6,15H2,1-2H3. The summed E-state index contributed by atoms with van der Waals surface area (Å²) < 4.78 is 1.47. The molecule has 1 atom stereocenters. The predicted octanol–water partition coefficient (Wildman–Crippen LogP) is 7.33. The summed E-state index contributed by atoms with van der Waals surface area (Å²) in [6, 6.07) is 14.1. The van der Waals surface area contributed by atoms with E-state index >= 15 is 0 Å². The summed E-state index contributed by atoms with van der Waals surface area (Å²) in [4.78, 5) is 0. The zero-order chi connectivity index (χ0) is 17.9. The van der Waals surface area contributed by atoms with Crippen LogP contribution in [0.25, 0.3) is 22.8 Å². The number of hydrogen-bond acceptors (Lipinski definition) is 0. The fourth-order valence-electron chi connectivity index (χ4n) is 4.90. The third-order valence-corrected chi connectivity index (χ3v) is 7.27. The van der Waals surface area contributed by atoms with Crippen LogP contribution in [0.15, 0.2) is 58.2 Å². The Kier molecular flexibility index (Phi) is 3.79. The van der Waals surface area contributed by atoms with Gasteiger partial charge in [0.05, 0.1) is 0 Å². The fourth-order valence-corrected chi connectivity index (χ4v) is 5.52. The Morgan fingerprint density at radius 2 is 1.81 bits per heavy atom. The van der Waals surface area contributed by atoms with Crippen molar-refractivity contribution in [2.45, 2.75) is 38.5 Å². The van der Waals surface area contributed by atoms with Crippen molar-refractivity contribution in [1.82, 2.24) is 0 Å². The number of benzene rings is 2. The van der Waals surface area contributed by atoms with Crippen LogP contribution < -0.4 is 0 Å². The lowest BCUT2D eigenvalue weighted by atomic mass is 9.74. The van der Waals surface area contributed by atoms with Crippen molar-refractivity contribution in [3.05, 3.63) is 80.5 Å². The molecule has 0 aliphatic heterocycles. The SMILES string of the molecule is CC1(C)c2cc(-c3ccc4c(c3)CCC=C4)ccc2C2=CC=C(I)CC21. The third kappa shape index (κ3) is 2.47. The second kappa shape index (κ2) is 5.95. The molecule has 0 aromatic heterocycles. The van der Waals surface area contributed by atoms with E-state index in [1.165, 1.54) is 49.0 Å². The van der Waals surface area contributed by atoms with Gasteiger partial charge in [0.1, 0.15) is 0 Å². The molecule has 2 aromatic rings. The second-order valence-corrected chi connectivity index (χ2v) is 9.71. The molecule has 1 unspecified atom stereocenters. The summed E-state index contributed by atoms with van der Waals surface area (Å²) >= 11 is 2.50. The second-order valence-electron chi connectivity index (χ2n) is 8.33. The molecule has 0 saturated carbocycles. The van der Waals surface area contributed by atoms with Crippen LogP contribution in [-0.2, 0) is 11.8 Å². The van der Waals surface area contributed by atoms with Crippen LogP contribution in [0.1, 0.15) is 48.9 Å². The summed E-state index contributed by atoms with van der Waals surface area (Å²) in [5.74, 6) is 0.610. The number of rotatable bonds is 1. The molecule has 0 amide bonds. The first-order valence-corrected chi connectivity index (χ1v) is 10.6. The Bertz CT molecular complexity index is 1000. The molecule has 5 rings (SSSR count). The molecule has 0 radical (unpaired) electrons. The van der Waals surface area contributed by atoms with E-state index < -0.39 is 0 Å². The minimum atomic E-state index is 0.193. The van der Waals surface area contributed by atoms with E-state index in [4.69, 9.17) is 0 Å². The van der Waals surface area contributed by atoms with Crippen LogP contribution in [0.5, 0.6) is 0 Å². The highest BCUT2D eigenvalue weighted by molar-refractivity contribution is 14.1. The molecule has 3 aliphatic carbocycles. The summed E-state index contributed by atoms with van der Waals surface area (Å²) in [6.45, 7) is 4.85. The Balaban J connectivity index is 1.61. The highest BCUT2D eigenvalue weighted by Gasteiger charge is 2.43. The van der Waals surface area contributed by atoms with Crippen LogP contribution in [-0.4, -0.2) is 0 Å². The van der Waals surface area contributed by atoms with E-state index in [1.54, 1.807) is 0 Å². The van der Waals surface area contributed by atoms with Crippen molar-refractivity contribution in [1.29, 1.82) is 0 Å². The number of fused-ring (bicyclic) bond motifs is 4. The molecule has 1 heteroatoms. The number of aryl methyl sites for hydroxylation is 1. The van der Waals surface area contributed by atoms with Gasteiger partial charge in [-0.2, -0.15) is 0 Å². The van der Waals surface area contributed by atoms with Crippen molar-refractivity contribution >= 4 is 34.2 Å². The summed E-state index contributed by atoms with van der Waals surface area (Å²) in [5, 5.41) is 0. The van der Waals surface area contributed by atoms with Gasteiger partial charge in [-0.25, -0.2) is 0 Å². The van der Waals surface area contributed by atoms with Crippen molar-refractivity contribution in [2.24, 2.45) is 5.92 Å². The Morgan fingerprint density at radius 1 is 1.00 bits per heavy atom.